The Bertz CT molecular complexity index is 383. The smallest absolute Gasteiger partial charge is 0.0599 e. The number of piperidine rings is 1. The minimum absolute atomic E-state index is 0.168. The molecule has 2 heterocycles. The van der Waals surface area contributed by atoms with Gasteiger partial charge >= 0.3 is 0 Å². The van der Waals surface area contributed by atoms with Crippen LogP contribution in [0.15, 0.2) is 11.4 Å². The van der Waals surface area contributed by atoms with E-state index in [1.54, 1.807) is 0 Å². The molecule has 0 radical (unpaired) electrons. The number of nitrogens with zero attached hydrogens (tertiary/aromatic N) is 1. The Balaban J connectivity index is 2.04. The Morgan fingerprint density at radius 2 is 2.16 bits per heavy atom. The van der Waals surface area contributed by atoms with Crippen molar-refractivity contribution < 1.29 is 4.74 Å². The van der Waals surface area contributed by atoms with Crippen molar-refractivity contribution in [3.05, 3.63) is 21.9 Å². The Labute approximate surface area is 120 Å². The summed E-state index contributed by atoms with van der Waals surface area (Å²) in [5.41, 5.74) is 7.63. The third-order valence-electron chi connectivity index (χ3n) is 3.94. The Hall–Kier alpha value is -0.420. The highest BCUT2D eigenvalue weighted by molar-refractivity contribution is 7.10. The van der Waals surface area contributed by atoms with E-state index in [0.717, 1.165) is 32.5 Å². The van der Waals surface area contributed by atoms with Crippen LogP contribution in [-0.4, -0.2) is 36.7 Å². The molecular formula is C15H26N2OS. The molecule has 4 heteroatoms. The summed E-state index contributed by atoms with van der Waals surface area (Å²) in [5, 5.41) is 2.17. The summed E-state index contributed by atoms with van der Waals surface area (Å²) >= 11 is 1.84. The van der Waals surface area contributed by atoms with Gasteiger partial charge in [-0.2, -0.15) is 0 Å². The molecule has 0 saturated carbocycles. The minimum atomic E-state index is 0.168. The number of hydrogen-bond donors (Lipinski definition) is 1. The lowest BCUT2D eigenvalue weighted by molar-refractivity contribution is 0.00156. The maximum Gasteiger partial charge on any atom is 0.0599 e. The summed E-state index contributed by atoms with van der Waals surface area (Å²) in [6.45, 7) is 9.40. The Morgan fingerprint density at radius 3 is 2.63 bits per heavy atom. The van der Waals surface area contributed by atoms with Crippen LogP contribution < -0.4 is 5.73 Å². The summed E-state index contributed by atoms with van der Waals surface area (Å²) in [7, 11) is 0. The zero-order valence-corrected chi connectivity index (χ0v) is 13.1. The summed E-state index contributed by atoms with van der Waals surface area (Å²) in [6, 6.07) is 2.73. The van der Waals surface area contributed by atoms with E-state index >= 15 is 0 Å². The van der Waals surface area contributed by atoms with Gasteiger partial charge in [0.25, 0.3) is 0 Å². The monoisotopic (exact) mass is 282 g/mol. The summed E-state index contributed by atoms with van der Waals surface area (Å²) in [5.74, 6) is 0. The second-order valence-electron chi connectivity index (χ2n) is 5.46. The van der Waals surface area contributed by atoms with Crippen molar-refractivity contribution in [1.82, 2.24) is 4.90 Å². The molecule has 0 amide bonds. The van der Waals surface area contributed by atoms with Gasteiger partial charge in [0.2, 0.25) is 0 Å². The van der Waals surface area contributed by atoms with Gasteiger partial charge in [-0.1, -0.05) is 0 Å². The van der Waals surface area contributed by atoms with Gasteiger partial charge in [-0.3, -0.25) is 4.90 Å². The van der Waals surface area contributed by atoms with Crippen LogP contribution in [0, 0.1) is 6.92 Å². The molecule has 1 aromatic heterocycles. The molecule has 2 atom stereocenters. The molecule has 1 aliphatic rings. The molecule has 1 saturated heterocycles. The highest BCUT2D eigenvalue weighted by Crippen LogP contribution is 2.33. The largest absolute Gasteiger partial charge is 0.378 e. The van der Waals surface area contributed by atoms with Crippen LogP contribution >= 0.6 is 11.3 Å². The van der Waals surface area contributed by atoms with Gasteiger partial charge in [-0.05, 0) is 50.6 Å². The van der Waals surface area contributed by atoms with E-state index in [9.17, 15) is 0 Å². The zero-order chi connectivity index (χ0) is 13.8. The Morgan fingerprint density at radius 1 is 1.47 bits per heavy atom. The normalized spacial score (nSPS) is 21.5. The lowest BCUT2D eigenvalue weighted by atomic mass is 9.99. The van der Waals surface area contributed by atoms with Crippen LogP contribution in [0.4, 0.5) is 0 Å². The predicted octanol–water partition coefficient (Wildman–Crippen LogP) is 2.95. The minimum Gasteiger partial charge on any atom is -0.378 e. The quantitative estimate of drug-likeness (QED) is 0.902. The first kappa shape index (κ1) is 15.0. The highest BCUT2D eigenvalue weighted by atomic mass is 32.1. The van der Waals surface area contributed by atoms with E-state index in [0.29, 0.717) is 12.1 Å². The van der Waals surface area contributed by atoms with Crippen LogP contribution in [0.1, 0.15) is 43.2 Å². The summed E-state index contributed by atoms with van der Waals surface area (Å²) in [6.07, 6.45) is 2.70. The molecule has 0 aromatic carbocycles. The molecule has 0 bridgehead atoms. The summed E-state index contributed by atoms with van der Waals surface area (Å²) in [4.78, 5) is 3.98. The number of ether oxygens (including phenoxy) is 1. The van der Waals surface area contributed by atoms with Gasteiger partial charge in [-0.25, -0.2) is 0 Å². The first-order chi connectivity index (χ1) is 9.13. The third kappa shape index (κ3) is 3.57. The fourth-order valence-electron chi connectivity index (χ4n) is 2.98. The molecule has 2 rings (SSSR count). The number of nitrogens with two attached hydrogens (primary N) is 1. The van der Waals surface area contributed by atoms with E-state index in [1.165, 1.54) is 10.4 Å². The SMILES string of the molecule is CCOC1CCN(C(c2sccc2C)C(C)N)CC1. The van der Waals surface area contributed by atoms with Crippen molar-refractivity contribution >= 4 is 11.3 Å². The lowest BCUT2D eigenvalue weighted by Gasteiger charge is -2.39. The van der Waals surface area contributed by atoms with Crippen molar-refractivity contribution in [3.8, 4) is 0 Å². The first-order valence-electron chi connectivity index (χ1n) is 7.28. The van der Waals surface area contributed by atoms with Crippen LogP contribution in [-0.2, 0) is 4.74 Å². The average Bonchev–Trinajstić information content (AvgIpc) is 2.78. The van der Waals surface area contributed by atoms with Gasteiger partial charge in [-0.15, -0.1) is 11.3 Å². The van der Waals surface area contributed by atoms with Gasteiger partial charge in [0, 0.05) is 30.6 Å². The van der Waals surface area contributed by atoms with E-state index in [2.05, 4.69) is 37.1 Å². The van der Waals surface area contributed by atoms with Crippen LogP contribution in [0.2, 0.25) is 0 Å². The van der Waals surface area contributed by atoms with Gasteiger partial charge in [0.05, 0.1) is 12.1 Å². The van der Waals surface area contributed by atoms with Crippen LogP contribution in [0.3, 0.4) is 0 Å². The van der Waals surface area contributed by atoms with Crippen molar-refractivity contribution in [2.75, 3.05) is 19.7 Å². The zero-order valence-electron chi connectivity index (χ0n) is 12.3. The number of aryl methyl sites for hydroxylation is 1. The molecule has 108 valence electrons. The van der Waals surface area contributed by atoms with E-state index in [4.69, 9.17) is 10.5 Å². The van der Waals surface area contributed by atoms with Crippen LogP contribution in [0.25, 0.3) is 0 Å². The molecule has 0 spiro atoms. The average molecular weight is 282 g/mol. The summed E-state index contributed by atoms with van der Waals surface area (Å²) < 4.78 is 5.73. The molecule has 3 nitrogen and oxygen atoms in total. The molecular weight excluding hydrogens is 256 g/mol. The van der Waals surface area contributed by atoms with Crippen LogP contribution in [0.5, 0.6) is 0 Å². The molecule has 2 unspecified atom stereocenters. The number of hydrogen-bond acceptors (Lipinski definition) is 4. The maximum absolute atomic E-state index is 6.25. The Kier molecular flexibility index (Phi) is 5.39. The van der Waals surface area contributed by atoms with Gasteiger partial charge in [0.15, 0.2) is 0 Å². The molecule has 1 aromatic rings. The number of rotatable bonds is 5. The van der Waals surface area contributed by atoms with Gasteiger partial charge in [0.1, 0.15) is 0 Å². The van der Waals surface area contributed by atoms with Crippen molar-refractivity contribution in [2.24, 2.45) is 5.73 Å². The number of likely N-dealkylation sites (tertiary alicyclic amines) is 1. The van der Waals surface area contributed by atoms with E-state index in [-0.39, 0.29) is 6.04 Å². The third-order valence-corrected chi connectivity index (χ3v) is 5.03. The second-order valence-corrected chi connectivity index (χ2v) is 6.41. The van der Waals surface area contributed by atoms with E-state index < -0.39 is 0 Å². The second kappa shape index (κ2) is 6.84. The highest BCUT2D eigenvalue weighted by Gasteiger charge is 2.30. The maximum atomic E-state index is 6.25. The van der Waals surface area contributed by atoms with Crippen molar-refractivity contribution in [1.29, 1.82) is 0 Å². The van der Waals surface area contributed by atoms with Crippen molar-refractivity contribution in [3.63, 3.8) is 0 Å². The fraction of sp³-hybridized carbons (Fsp3) is 0.733. The molecule has 1 fully saturated rings. The molecule has 0 aliphatic carbocycles. The topological polar surface area (TPSA) is 38.5 Å². The molecule has 1 aliphatic heterocycles. The molecule has 19 heavy (non-hydrogen) atoms. The van der Waals surface area contributed by atoms with Crippen molar-refractivity contribution in [2.45, 2.75) is 51.8 Å². The first-order valence-corrected chi connectivity index (χ1v) is 8.16. The fourth-order valence-corrected chi connectivity index (χ4v) is 4.16. The van der Waals surface area contributed by atoms with E-state index in [1.807, 2.05) is 11.3 Å². The lowest BCUT2D eigenvalue weighted by Crippen LogP contribution is -2.45. The predicted molar refractivity (Wildman–Crippen MR) is 81.7 cm³/mol. The molecule has 2 N–H and O–H groups in total. The number of thiophene rings is 1. The van der Waals surface area contributed by atoms with Gasteiger partial charge < -0.3 is 10.5 Å². The standard InChI is InChI=1S/C15H26N2OS/c1-4-18-13-5-8-17(9-6-13)14(12(3)16)15-11(2)7-10-19-15/h7,10,12-14H,4-6,8-9,16H2,1-3H3.